The first-order valence-corrected chi connectivity index (χ1v) is 7.70. The molecule has 2 rings (SSSR count). The second kappa shape index (κ2) is 8.77. The number of benzene rings is 2. The van der Waals surface area contributed by atoms with Crippen LogP contribution in [0.15, 0.2) is 48.5 Å². The van der Waals surface area contributed by atoms with Crippen LogP contribution in [0.4, 0.5) is 8.78 Å². The molecule has 0 fully saturated rings. The number of aryl methyl sites for hydroxylation is 1. The Morgan fingerprint density at radius 1 is 1.04 bits per heavy atom. The highest BCUT2D eigenvalue weighted by atomic mass is 19.1. The lowest BCUT2D eigenvalue weighted by Crippen LogP contribution is -2.47. The second-order valence-corrected chi connectivity index (χ2v) is 5.34. The molecule has 0 bridgehead atoms. The largest absolute Gasteiger partial charge is 0.481 e. The highest BCUT2D eigenvalue weighted by molar-refractivity contribution is 5.84. The molecule has 0 aliphatic heterocycles. The molecule has 2 aromatic carbocycles. The van der Waals surface area contributed by atoms with Crippen LogP contribution in [0.5, 0.6) is 5.75 Å². The second-order valence-electron chi connectivity index (χ2n) is 5.34. The molecule has 5 nitrogen and oxygen atoms in total. The van der Waals surface area contributed by atoms with E-state index in [1.807, 2.05) is 0 Å². The van der Waals surface area contributed by atoms with Gasteiger partial charge in [0.25, 0.3) is 5.91 Å². The zero-order valence-electron chi connectivity index (χ0n) is 13.6. The molecule has 0 aliphatic rings. The molecule has 2 aromatic rings. The van der Waals surface area contributed by atoms with Gasteiger partial charge in [0.1, 0.15) is 17.4 Å². The van der Waals surface area contributed by atoms with Crippen LogP contribution in [0.3, 0.4) is 0 Å². The minimum Gasteiger partial charge on any atom is -0.481 e. The molecule has 132 valence electrons. The number of hydrogen-bond donors (Lipinski definition) is 2. The Bertz CT molecular complexity index is 735. The van der Waals surface area contributed by atoms with Crippen LogP contribution in [0.25, 0.3) is 0 Å². The summed E-state index contributed by atoms with van der Waals surface area (Å²) in [4.78, 5) is 23.6. The van der Waals surface area contributed by atoms with Crippen molar-refractivity contribution in [1.82, 2.24) is 10.9 Å². The maximum Gasteiger partial charge on any atom is 0.279 e. The van der Waals surface area contributed by atoms with Crippen LogP contribution < -0.4 is 15.6 Å². The van der Waals surface area contributed by atoms with Crippen molar-refractivity contribution in [3.8, 4) is 5.75 Å². The number of nitrogens with one attached hydrogen (secondary N) is 2. The number of hydrogen-bond acceptors (Lipinski definition) is 3. The summed E-state index contributed by atoms with van der Waals surface area (Å²) in [5, 5.41) is 0. The molecule has 0 heterocycles. The normalized spacial score (nSPS) is 11.5. The summed E-state index contributed by atoms with van der Waals surface area (Å²) in [5.41, 5.74) is 4.91. The smallest absolute Gasteiger partial charge is 0.279 e. The Labute approximate surface area is 144 Å². The molecule has 25 heavy (non-hydrogen) atoms. The maximum atomic E-state index is 13.5. The summed E-state index contributed by atoms with van der Waals surface area (Å²) >= 11 is 0. The molecular weight excluding hydrogens is 330 g/mol. The van der Waals surface area contributed by atoms with Crippen molar-refractivity contribution in [2.75, 3.05) is 0 Å². The minimum absolute atomic E-state index is 0.0222. The van der Waals surface area contributed by atoms with Gasteiger partial charge in [-0.1, -0.05) is 18.2 Å². The van der Waals surface area contributed by atoms with Gasteiger partial charge in [-0.25, -0.2) is 8.78 Å². The number of halogens is 2. The first kappa shape index (κ1) is 18.4. The Hall–Kier alpha value is -2.96. The van der Waals surface area contributed by atoms with E-state index >= 15 is 0 Å². The van der Waals surface area contributed by atoms with Crippen LogP contribution in [0.2, 0.25) is 0 Å². The molecule has 0 aliphatic carbocycles. The highest BCUT2D eigenvalue weighted by Gasteiger charge is 2.15. The molecule has 1 atom stereocenters. The van der Waals surface area contributed by atoms with E-state index in [9.17, 15) is 18.4 Å². The Balaban J connectivity index is 1.74. The molecule has 0 radical (unpaired) electrons. The summed E-state index contributed by atoms with van der Waals surface area (Å²) in [6, 6.07) is 11.4. The Morgan fingerprint density at radius 2 is 1.72 bits per heavy atom. The lowest BCUT2D eigenvalue weighted by Gasteiger charge is -2.15. The summed E-state index contributed by atoms with van der Waals surface area (Å²) < 4.78 is 31.6. The average Bonchev–Trinajstić information content (AvgIpc) is 2.60. The van der Waals surface area contributed by atoms with Crippen molar-refractivity contribution in [3.05, 3.63) is 65.7 Å². The fraction of sp³-hybridized carbons (Fsp3) is 0.222. The van der Waals surface area contributed by atoms with E-state index in [0.717, 1.165) is 0 Å². The molecule has 0 saturated heterocycles. The quantitative estimate of drug-likeness (QED) is 0.789. The molecular formula is C18H18F2N2O3. The monoisotopic (exact) mass is 348 g/mol. The standard InChI is InChI=1S/C18H18F2N2O3/c1-12(25-15-9-7-14(19)8-10-15)18(24)22-21-17(23)11-6-13-4-2-3-5-16(13)20/h2-5,7-10,12H,6,11H2,1H3,(H,21,23)(H,22,24). The van der Waals surface area contributed by atoms with E-state index in [1.165, 1.54) is 37.3 Å². The van der Waals surface area contributed by atoms with Gasteiger partial charge in [-0.15, -0.1) is 0 Å². The van der Waals surface area contributed by atoms with Gasteiger partial charge in [-0.3, -0.25) is 20.4 Å². The predicted octanol–water partition coefficient (Wildman–Crippen LogP) is 2.51. The van der Waals surface area contributed by atoms with Crippen molar-refractivity contribution in [3.63, 3.8) is 0 Å². The van der Waals surface area contributed by atoms with Crippen molar-refractivity contribution < 1.29 is 23.1 Å². The van der Waals surface area contributed by atoms with Gasteiger partial charge in [-0.2, -0.15) is 0 Å². The molecule has 0 spiro atoms. The van der Waals surface area contributed by atoms with Crippen LogP contribution in [0, 0.1) is 11.6 Å². The number of hydrazine groups is 1. The van der Waals surface area contributed by atoms with Crippen molar-refractivity contribution in [2.24, 2.45) is 0 Å². The van der Waals surface area contributed by atoms with Crippen molar-refractivity contribution >= 4 is 11.8 Å². The van der Waals surface area contributed by atoms with Gasteiger partial charge in [0.2, 0.25) is 5.91 Å². The first-order valence-electron chi connectivity index (χ1n) is 7.70. The van der Waals surface area contributed by atoms with E-state index in [-0.39, 0.29) is 18.7 Å². The summed E-state index contributed by atoms with van der Waals surface area (Å²) in [5.74, 6) is -1.48. The number of carbonyl (C=O) groups is 2. The lowest BCUT2D eigenvalue weighted by molar-refractivity contribution is -0.132. The van der Waals surface area contributed by atoms with Crippen LogP contribution in [0.1, 0.15) is 18.9 Å². The number of amides is 2. The third-order valence-corrected chi connectivity index (χ3v) is 3.40. The van der Waals surface area contributed by atoms with Gasteiger partial charge >= 0.3 is 0 Å². The maximum absolute atomic E-state index is 13.5. The fourth-order valence-electron chi connectivity index (χ4n) is 2.02. The molecule has 2 amide bonds. The van der Waals surface area contributed by atoms with Crippen LogP contribution in [-0.2, 0) is 16.0 Å². The van der Waals surface area contributed by atoms with Gasteiger partial charge in [-0.05, 0) is 49.2 Å². The topological polar surface area (TPSA) is 67.4 Å². The fourth-order valence-corrected chi connectivity index (χ4v) is 2.02. The van der Waals surface area contributed by atoms with E-state index < -0.39 is 23.7 Å². The van der Waals surface area contributed by atoms with Crippen molar-refractivity contribution in [2.45, 2.75) is 25.9 Å². The van der Waals surface area contributed by atoms with E-state index in [0.29, 0.717) is 11.3 Å². The molecule has 1 unspecified atom stereocenters. The summed E-state index contributed by atoms with van der Waals surface area (Å²) in [7, 11) is 0. The molecule has 0 aromatic heterocycles. The van der Waals surface area contributed by atoms with Gasteiger partial charge in [0, 0.05) is 6.42 Å². The van der Waals surface area contributed by atoms with Crippen LogP contribution >= 0.6 is 0 Å². The number of rotatable bonds is 6. The molecule has 2 N–H and O–H groups in total. The van der Waals surface area contributed by atoms with Crippen LogP contribution in [-0.4, -0.2) is 17.9 Å². The van der Waals surface area contributed by atoms with Gasteiger partial charge < -0.3 is 4.74 Å². The molecule has 0 saturated carbocycles. The predicted molar refractivity (Wildman–Crippen MR) is 87.5 cm³/mol. The lowest BCUT2D eigenvalue weighted by atomic mass is 10.1. The van der Waals surface area contributed by atoms with Gasteiger partial charge in [0.05, 0.1) is 0 Å². The SMILES string of the molecule is CC(Oc1ccc(F)cc1)C(=O)NNC(=O)CCc1ccccc1F. The zero-order chi connectivity index (χ0) is 18.2. The Morgan fingerprint density at radius 3 is 2.40 bits per heavy atom. The number of carbonyl (C=O) groups excluding carboxylic acids is 2. The van der Waals surface area contributed by atoms with Gasteiger partial charge in [0.15, 0.2) is 6.10 Å². The number of ether oxygens (including phenoxy) is 1. The van der Waals surface area contributed by atoms with E-state index in [2.05, 4.69) is 10.9 Å². The van der Waals surface area contributed by atoms with E-state index in [1.54, 1.807) is 18.2 Å². The molecule has 7 heteroatoms. The van der Waals surface area contributed by atoms with Crippen molar-refractivity contribution in [1.29, 1.82) is 0 Å². The third kappa shape index (κ3) is 5.87. The zero-order valence-corrected chi connectivity index (χ0v) is 13.6. The Kier molecular flexibility index (Phi) is 6.45. The third-order valence-electron chi connectivity index (χ3n) is 3.40. The average molecular weight is 348 g/mol. The van der Waals surface area contributed by atoms with E-state index in [4.69, 9.17) is 4.74 Å². The minimum atomic E-state index is -0.891. The highest BCUT2D eigenvalue weighted by Crippen LogP contribution is 2.13. The summed E-state index contributed by atoms with van der Waals surface area (Å²) in [6.45, 7) is 1.49. The summed E-state index contributed by atoms with van der Waals surface area (Å²) in [6.07, 6.45) is -0.651. The first-order chi connectivity index (χ1) is 12.0.